The Morgan fingerprint density at radius 3 is 2.40 bits per heavy atom. The van der Waals surface area contributed by atoms with Crippen LogP contribution in [-0.2, 0) is 16.2 Å². The Bertz CT molecular complexity index is 1200. The number of hydrogen-bond acceptors (Lipinski definition) is 7. The molecule has 2 aliphatic heterocycles. The molecular formula is C35H58N6O4. The molecule has 0 spiro atoms. The molecule has 6 rings (SSSR count). The van der Waals surface area contributed by atoms with Crippen LogP contribution in [0, 0.1) is 29.1 Å². The van der Waals surface area contributed by atoms with Gasteiger partial charge in [-0.25, -0.2) is 0 Å². The number of carbonyl (C=O) groups excluding carboxylic acids is 1. The van der Waals surface area contributed by atoms with Crippen molar-refractivity contribution in [2.45, 2.75) is 111 Å². The van der Waals surface area contributed by atoms with Gasteiger partial charge < -0.3 is 30.6 Å². The lowest BCUT2D eigenvalue weighted by Crippen LogP contribution is -2.62. The summed E-state index contributed by atoms with van der Waals surface area (Å²) in [5.41, 5.74) is 2.49. The van der Waals surface area contributed by atoms with Crippen molar-refractivity contribution in [2.24, 2.45) is 34.1 Å². The summed E-state index contributed by atoms with van der Waals surface area (Å²) in [6, 6.07) is 8.38. The van der Waals surface area contributed by atoms with Crippen molar-refractivity contribution < 1.29 is 19.8 Å². The van der Waals surface area contributed by atoms with E-state index in [0.29, 0.717) is 35.8 Å². The smallest absolute Gasteiger partial charge is 0.240 e. The zero-order valence-electron chi connectivity index (χ0n) is 28.7. The standard InChI is InChI=1S/C35H58N6O4/c1-21(2)36-34(37-22(3)4)40-14-12-39(13-15-40)27-11-9-10-25(16-27)19-41-32(31(24(6)43)30(20-42)45-41)33(44)38-29-18-26-17-28(23(29)5)35(26,7)8/h9-11,16,21-24,26,28-32,42-43H,12-15,17-20H2,1-8H3,(H,36,37)(H,38,44)/t23-,24-,26+,28-,29?,30-,31+,32-/m0/s1. The van der Waals surface area contributed by atoms with Gasteiger partial charge in [0.05, 0.1) is 19.3 Å². The van der Waals surface area contributed by atoms with Crippen LogP contribution in [0.4, 0.5) is 5.69 Å². The van der Waals surface area contributed by atoms with E-state index in [1.54, 1.807) is 12.0 Å². The van der Waals surface area contributed by atoms with E-state index >= 15 is 0 Å². The molecule has 3 saturated carbocycles. The monoisotopic (exact) mass is 626 g/mol. The van der Waals surface area contributed by atoms with Crippen LogP contribution in [-0.4, -0.2) is 101 Å². The molecule has 0 aromatic heterocycles. The molecule has 2 heterocycles. The normalized spacial score (nSPS) is 32.5. The van der Waals surface area contributed by atoms with E-state index in [1.165, 1.54) is 6.42 Å². The molecule has 1 amide bonds. The number of fused-ring (bicyclic) bond motifs is 2. The summed E-state index contributed by atoms with van der Waals surface area (Å²) in [5.74, 6) is 1.96. The first-order valence-electron chi connectivity index (χ1n) is 17.3. The van der Waals surface area contributed by atoms with Gasteiger partial charge in [-0.3, -0.25) is 14.6 Å². The highest BCUT2D eigenvalue weighted by Crippen LogP contribution is 2.61. The fourth-order valence-corrected chi connectivity index (χ4v) is 8.41. The van der Waals surface area contributed by atoms with E-state index in [2.05, 4.69) is 93.2 Å². The Balaban J connectivity index is 1.27. The Morgan fingerprint density at radius 1 is 1.11 bits per heavy atom. The third-order valence-corrected chi connectivity index (χ3v) is 11.1. The minimum absolute atomic E-state index is 0.114. The maximum atomic E-state index is 14.0. The van der Waals surface area contributed by atoms with Crippen LogP contribution < -0.4 is 15.5 Å². The van der Waals surface area contributed by atoms with E-state index in [4.69, 9.17) is 9.83 Å². The lowest BCUT2D eigenvalue weighted by molar-refractivity contribution is -0.183. The lowest BCUT2D eigenvalue weighted by atomic mass is 9.45. The molecule has 10 heteroatoms. The number of nitrogens with zero attached hydrogens (tertiary/aromatic N) is 4. The summed E-state index contributed by atoms with van der Waals surface area (Å²) in [7, 11) is 0. The Morgan fingerprint density at radius 2 is 1.82 bits per heavy atom. The minimum Gasteiger partial charge on any atom is -0.394 e. The molecule has 252 valence electrons. The maximum absolute atomic E-state index is 14.0. The third-order valence-electron chi connectivity index (χ3n) is 11.1. The molecule has 1 unspecified atom stereocenters. The van der Waals surface area contributed by atoms with Crippen LogP contribution >= 0.6 is 0 Å². The molecule has 1 aromatic rings. The fraction of sp³-hybridized carbons (Fsp3) is 0.771. The van der Waals surface area contributed by atoms with Crippen molar-refractivity contribution in [3.63, 3.8) is 0 Å². The predicted molar refractivity (Wildman–Crippen MR) is 179 cm³/mol. The summed E-state index contributed by atoms with van der Waals surface area (Å²) in [6.45, 7) is 20.8. The van der Waals surface area contributed by atoms with Crippen molar-refractivity contribution in [3.05, 3.63) is 29.8 Å². The Labute approximate surface area is 270 Å². The second-order valence-electron chi connectivity index (χ2n) is 15.2. The summed E-state index contributed by atoms with van der Waals surface area (Å²) >= 11 is 0. The molecular weight excluding hydrogens is 568 g/mol. The predicted octanol–water partition coefficient (Wildman–Crippen LogP) is 3.23. The van der Waals surface area contributed by atoms with E-state index in [9.17, 15) is 15.0 Å². The highest BCUT2D eigenvalue weighted by molar-refractivity contribution is 5.83. The first kappa shape index (κ1) is 33.9. The largest absolute Gasteiger partial charge is 0.394 e. The summed E-state index contributed by atoms with van der Waals surface area (Å²) in [6.07, 6.45) is 0.778. The van der Waals surface area contributed by atoms with Crippen LogP contribution in [0.3, 0.4) is 0 Å². The molecule has 5 aliphatic rings. The number of anilines is 1. The second kappa shape index (κ2) is 13.8. The van der Waals surface area contributed by atoms with Gasteiger partial charge in [-0.15, -0.1) is 0 Å². The molecule has 2 saturated heterocycles. The molecule has 5 fully saturated rings. The quantitative estimate of drug-likeness (QED) is 0.244. The van der Waals surface area contributed by atoms with Crippen LogP contribution in [0.25, 0.3) is 0 Å². The highest BCUT2D eigenvalue weighted by Gasteiger charge is 2.57. The van der Waals surface area contributed by atoms with Crippen molar-refractivity contribution in [1.29, 1.82) is 0 Å². The number of amides is 1. The lowest BCUT2D eigenvalue weighted by Gasteiger charge is -2.62. The molecule has 1 aromatic carbocycles. The molecule has 0 radical (unpaired) electrons. The molecule has 3 aliphatic carbocycles. The zero-order chi connectivity index (χ0) is 32.6. The minimum atomic E-state index is -0.809. The fourth-order valence-electron chi connectivity index (χ4n) is 8.41. The van der Waals surface area contributed by atoms with E-state index < -0.39 is 24.2 Å². The van der Waals surface area contributed by atoms with Gasteiger partial charge in [0.25, 0.3) is 0 Å². The average Bonchev–Trinajstić information content (AvgIpc) is 3.36. The Kier molecular flexibility index (Phi) is 10.4. The van der Waals surface area contributed by atoms with Crippen LogP contribution in [0.2, 0.25) is 0 Å². The number of rotatable bonds is 9. The SMILES string of the molecule is CC(C)N=C(NC(C)C)N1CCN(c2cccc(CN3O[C@@H](CO)[C@@H]([C@H](C)O)[C@H]3C(=O)NC3C[C@H]4C[C@@H]([C@@H]3C)C4(C)C)c2)CC1. The van der Waals surface area contributed by atoms with Gasteiger partial charge in [0, 0.05) is 55.9 Å². The Hall–Kier alpha value is -2.40. The van der Waals surface area contributed by atoms with E-state index in [-0.39, 0.29) is 24.6 Å². The highest BCUT2D eigenvalue weighted by atomic mass is 16.7. The number of aliphatic imine (C=N–C) groups is 1. The van der Waals surface area contributed by atoms with Crippen molar-refractivity contribution >= 4 is 17.6 Å². The van der Waals surface area contributed by atoms with Gasteiger partial charge in [-0.1, -0.05) is 32.9 Å². The van der Waals surface area contributed by atoms with Gasteiger partial charge in [0.2, 0.25) is 5.91 Å². The number of hydrogen-bond donors (Lipinski definition) is 4. The number of carbonyl (C=O) groups is 1. The topological polar surface area (TPSA) is 113 Å². The van der Waals surface area contributed by atoms with Gasteiger partial charge in [-0.2, -0.15) is 5.06 Å². The number of guanidine groups is 1. The van der Waals surface area contributed by atoms with Gasteiger partial charge >= 0.3 is 0 Å². The van der Waals surface area contributed by atoms with Crippen LogP contribution in [0.15, 0.2) is 29.3 Å². The van der Waals surface area contributed by atoms with E-state index in [1.807, 2.05) is 0 Å². The van der Waals surface area contributed by atoms with Gasteiger partial charge in [0.1, 0.15) is 12.1 Å². The second-order valence-corrected chi connectivity index (χ2v) is 15.2. The number of piperazine rings is 1. The molecule has 8 atom stereocenters. The summed E-state index contributed by atoms with van der Waals surface area (Å²) in [5, 5.41) is 29.6. The van der Waals surface area contributed by atoms with Gasteiger partial charge in [-0.05, 0) is 88.3 Å². The van der Waals surface area contributed by atoms with Crippen molar-refractivity contribution in [3.8, 4) is 0 Å². The van der Waals surface area contributed by atoms with E-state index in [0.717, 1.165) is 49.8 Å². The van der Waals surface area contributed by atoms with Crippen molar-refractivity contribution in [1.82, 2.24) is 20.6 Å². The molecule has 45 heavy (non-hydrogen) atoms. The van der Waals surface area contributed by atoms with Gasteiger partial charge in [0.15, 0.2) is 5.96 Å². The first-order valence-corrected chi connectivity index (χ1v) is 17.3. The number of hydroxylamine groups is 2. The third kappa shape index (κ3) is 7.14. The number of aliphatic hydroxyl groups excluding tert-OH is 2. The van der Waals surface area contributed by atoms with Crippen LogP contribution in [0.5, 0.6) is 0 Å². The molecule has 4 N–H and O–H groups in total. The number of nitrogens with one attached hydrogen (secondary N) is 2. The average molecular weight is 627 g/mol. The maximum Gasteiger partial charge on any atom is 0.240 e. The number of benzene rings is 1. The van der Waals surface area contributed by atoms with Crippen LogP contribution in [0.1, 0.15) is 73.8 Å². The number of aliphatic hydroxyl groups is 2. The summed E-state index contributed by atoms with van der Waals surface area (Å²) in [4.78, 5) is 29.8. The molecule has 10 nitrogen and oxygen atoms in total. The first-order chi connectivity index (χ1) is 21.3. The molecule has 2 bridgehead atoms. The zero-order valence-corrected chi connectivity index (χ0v) is 28.7. The van der Waals surface area contributed by atoms with Crippen molar-refractivity contribution in [2.75, 3.05) is 37.7 Å². The summed E-state index contributed by atoms with van der Waals surface area (Å²) < 4.78 is 0.